The third-order valence-electron chi connectivity index (χ3n) is 2.55. The van der Waals surface area contributed by atoms with Gasteiger partial charge in [0.1, 0.15) is 0 Å². The Hall–Kier alpha value is -1.02. The van der Waals surface area contributed by atoms with Gasteiger partial charge in [-0.3, -0.25) is 4.79 Å². The number of rotatable bonds is 5. The van der Waals surface area contributed by atoms with E-state index >= 15 is 0 Å². The fraction of sp³-hybridized carbons (Fsp3) is 0.462. The SMILES string of the molecule is CCCN(c1cccc(Cl)c1C=O)C(C)C. The number of halogens is 1. The Morgan fingerprint density at radius 2 is 2.12 bits per heavy atom. The van der Waals surface area contributed by atoms with E-state index in [9.17, 15) is 4.79 Å². The third-order valence-corrected chi connectivity index (χ3v) is 2.87. The summed E-state index contributed by atoms with van der Waals surface area (Å²) >= 11 is 6.02. The average Bonchev–Trinajstić information content (AvgIpc) is 2.25. The zero-order chi connectivity index (χ0) is 12.1. The summed E-state index contributed by atoms with van der Waals surface area (Å²) in [7, 11) is 0. The van der Waals surface area contributed by atoms with Crippen LogP contribution in [0.2, 0.25) is 5.02 Å². The Labute approximate surface area is 102 Å². The van der Waals surface area contributed by atoms with Crippen LogP contribution < -0.4 is 4.90 Å². The van der Waals surface area contributed by atoms with E-state index in [1.165, 1.54) is 0 Å². The lowest BCUT2D eigenvalue weighted by atomic mass is 10.1. The number of carbonyl (C=O) groups excluding carboxylic acids is 1. The van der Waals surface area contributed by atoms with Crippen molar-refractivity contribution >= 4 is 23.6 Å². The van der Waals surface area contributed by atoms with Crippen LogP contribution in [0.4, 0.5) is 5.69 Å². The molecule has 0 fully saturated rings. The summed E-state index contributed by atoms with van der Waals surface area (Å²) in [4.78, 5) is 13.3. The van der Waals surface area contributed by atoms with Crippen molar-refractivity contribution in [2.24, 2.45) is 0 Å². The van der Waals surface area contributed by atoms with Crippen LogP contribution >= 0.6 is 11.6 Å². The number of hydrogen-bond donors (Lipinski definition) is 0. The number of hydrogen-bond acceptors (Lipinski definition) is 2. The normalized spacial score (nSPS) is 10.6. The fourth-order valence-corrected chi connectivity index (χ4v) is 2.00. The van der Waals surface area contributed by atoms with E-state index in [0.29, 0.717) is 16.6 Å². The van der Waals surface area contributed by atoms with Gasteiger partial charge in [0.15, 0.2) is 6.29 Å². The molecule has 1 rings (SSSR count). The zero-order valence-corrected chi connectivity index (χ0v) is 10.8. The molecule has 3 heteroatoms. The molecular weight excluding hydrogens is 222 g/mol. The van der Waals surface area contributed by atoms with E-state index in [-0.39, 0.29) is 0 Å². The van der Waals surface area contributed by atoms with Crippen molar-refractivity contribution in [3.8, 4) is 0 Å². The molecule has 88 valence electrons. The van der Waals surface area contributed by atoms with E-state index in [2.05, 4.69) is 25.7 Å². The summed E-state index contributed by atoms with van der Waals surface area (Å²) in [6.45, 7) is 7.29. The molecule has 0 atom stereocenters. The molecular formula is C13H18ClNO. The highest BCUT2D eigenvalue weighted by molar-refractivity contribution is 6.33. The summed E-state index contributed by atoms with van der Waals surface area (Å²) in [6.07, 6.45) is 1.88. The van der Waals surface area contributed by atoms with Crippen molar-refractivity contribution in [3.63, 3.8) is 0 Å². The van der Waals surface area contributed by atoms with Gasteiger partial charge in [-0.05, 0) is 32.4 Å². The number of carbonyl (C=O) groups is 1. The molecule has 0 bridgehead atoms. The summed E-state index contributed by atoms with van der Waals surface area (Å²) < 4.78 is 0. The van der Waals surface area contributed by atoms with Crippen LogP contribution in [0.15, 0.2) is 18.2 Å². The molecule has 0 spiro atoms. The minimum Gasteiger partial charge on any atom is -0.368 e. The first-order valence-corrected chi connectivity index (χ1v) is 6.00. The van der Waals surface area contributed by atoms with Crippen molar-refractivity contribution in [3.05, 3.63) is 28.8 Å². The van der Waals surface area contributed by atoms with Crippen molar-refractivity contribution in [1.82, 2.24) is 0 Å². The summed E-state index contributed by atoms with van der Waals surface area (Å²) in [5.74, 6) is 0. The van der Waals surface area contributed by atoms with Crippen molar-refractivity contribution < 1.29 is 4.79 Å². The van der Waals surface area contributed by atoms with Gasteiger partial charge in [-0.25, -0.2) is 0 Å². The fourth-order valence-electron chi connectivity index (χ4n) is 1.79. The number of nitrogens with zero attached hydrogens (tertiary/aromatic N) is 1. The summed E-state index contributed by atoms with van der Waals surface area (Å²) in [6, 6.07) is 5.94. The molecule has 0 amide bonds. The molecule has 2 nitrogen and oxygen atoms in total. The summed E-state index contributed by atoms with van der Waals surface area (Å²) in [5.41, 5.74) is 1.52. The van der Waals surface area contributed by atoms with Crippen molar-refractivity contribution in [2.75, 3.05) is 11.4 Å². The molecule has 0 radical (unpaired) electrons. The molecule has 1 aromatic carbocycles. The highest BCUT2D eigenvalue weighted by Crippen LogP contribution is 2.27. The Morgan fingerprint density at radius 3 is 2.62 bits per heavy atom. The van der Waals surface area contributed by atoms with Crippen LogP contribution in [0, 0.1) is 0 Å². The van der Waals surface area contributed by atoms with Crippen LogP contribution in [0.3, 0.4) is 0 Å². The molecule has 0 unspecified atom stereocenters. The highest BCUT2D eigenvalue weighted by atomic mass is 35.5. The van der Waals surface area contributed by atoms with Crippen molar-refractivity contribution in [2.45, 2.75) is 33.2 Å². The Kier molecular flexibility index (Phi) is 4.81. The van der Waals surface area contributed by atoms with Gasteiger partial charge < -0.3 is 4.90 Å². The smallest absolute Gasteiger partial charge is 0.153 e. The van der Waals surface area contributed by atoms with Crippen LogP contribution in [-0.4, -0.2) is 18.9 Å². The van der Waals surface area contributed by atoms with Gasteiger partial charge in [0, 0.05) is 18.3 Å². The topological polar surface area (TPSA) is 20.3 Å². The van der Waals surface area contributed by atoms with E-state index in [1.54, 1.807) is 6.07 Å². The van der Waals surface area contributed by atoms with Gasteiger partial charge in [-0.15, -0.1) is 0 Å². The Bertz CT molecular complexity index is 363. The average molecular weight is 240 g/mol. The minimum absolute atomic E-state index is 0.358. The Morgan fingerprint density at radius 1 is 1.44 bits per heavy atom. The zero-order valence-electron chi connectivity index (χ0n) is 10.0. The standard InChI is InChI=1S/C13H18ClNO/c1-4-8-15(10(2)3)13-7-5-6-12(14)11(13)9-16/h5-7,9-10H,4,8H2,1-3H3. The van der Waals surface area contributed by atoms with E-state index < -0.39 is 0 Å². The van der Waals surface area contributed by atoms with Gasteiger partial charge in [-0.1, -0.05) is 24.6 Å². The maximum absolute atomic E-state index is 11.1. The number of anilines is 1. The molecule has 0 aliphatic carbocycles. The van der Waals surface area contributed by atoms with Crippen LogP contribution in [0.5, 0.6) is 0 Å². The largest absolute Gasteiger partial charge is 0.368 e. The molecule has 1 aromatic rings. The maximum atomic E-state index is 11.1. The molecule has 16 heavy (non-hydrogen) atoms. The number of aldehydes is 1. The minimum atomic E-state index is 0.358. The van der Waals surface area contributed by atoms with Gasteiger partial charge >= 0.3 is 0 Å². The monoisotopic (exact) mass is 239 g/mol. The van der Waals surface area contributed by atoms with Crippen molar-refractivity contribution in [1.29, 1.82) is 0 Å². The molecule has 0 heterocycles. The first kappa shape index (κ1) is 13.0. The first-order valence-electron chi connectivity index (χ1n) is 5.62. The highest BCUT2D eigenvalue weighted by Gasteiger charge is 2.15. The van der Waals surface area contributed by atoms with E-state index in [4.69, 9.17) is 11.6 Å². The van der Waals surface area contributed by atoms with Gasteiger partial charge in [0.25, 0.3) is 0 Å². The molecule has 0 aromatic heterocycles. The Balaban J connectivity index is 3.17. The van der Waals surface area contributed by atoms with E-state index in [1.807, 2.05) is 12.1 Å². The van der Waals surface area contributed by atoms with Gasteiger partial charge in [0.05, 0.1) is 10.6 Å². The second-order valence-corrected chi connectivity index (χ2v) is 4.48. The summed E-state index contributed by atoms with van der Waals surface area (Å²) in [5, 5.41) is 0.522. The quantitative estimate of drug-likeness (QED) is 0.729. The molecule has 0 N–H and O–H groups in total. The predicted octanol–water partition coefficient (Wildman–Crippen LogP) is 3.78. The number of benzene rings is 1. The second kappa shape index (κ2) is 5.90. The van der Waals surface area contributed by atoms with E-state index in [0.717, 1.165) is 24.9 Å². The van der Waals surface area contributed by atoms with Crippen LogP contribution in [-0.2, 0) is 0 Å². The van der Waals surface area contributed by atoms with Gasteiger partial charge in [0.2, 0.25) is 0 Å². The maximum Gasteiger partial charge on any atom is 0.153 e. The third kappa shape index (κ3) is 2.76. The van der Waals surface area contributed by atoms with Gasteiger partial charge in [-0.2, -0.15) is 0 Å². The first-order chi connectivity index (χ1) is 7.61. The lowest BCUT2D eigenvalue weighted by Crippen LogP contribution is -2.32. The molecule has 0 aliphatic heterocycles. The molecule has 0 saturated heterocycles. The predicted molar refractivity (Wildman–Crippen MR) is 69.6 cm³/mol. The lowest BCUT2D eigenvalue weighted by Gasteiger charge is -2.30. The molecule has 0 aliphatic rings. The van der Waals surface area contributed by atoms with Crippen LogP contribution in [0.1, 0.15) is 37.6 Å². The second-order valence-electron chi connectivity index (χ2n) is 4.08. The van der Waals surface area contributed by atoms with Crippen LogP contribution in [0.25, 0.3) is 0 Å². The molecule has 0 saturated carbocycles. The lowest BCUT2D eigenvalue weighted by molar-refractivity contribution is 0.112.